The molecule has 0 aromatic rings. The van der Waals surface area contributed by atoms with Gasteiger partial charge in [0.15, 0.2) is 0 Å². The van der Waals surface area contributed by atoms with E-state index in [2.05, 4.69) is 0 Å². The monoisotopic (exact) mass is 138 g/mol. The highest BCUT2D eigenvalue weighted by atomic mass is 16.3. The number of fused-ring (bicyclic) bond motifs is 1. The Kier molecular flexibility index (Phi) is 0.691. The zero-order chi connectivity index (χ0) is 6.88. The molecule has 4 aliphatic carbocycles. The van der Waals surface area contributed by atoms with Gasteiger partial charge in [-0.1, -0.05) is 0 Å². The van der Waals surface area contributed by atoms with Crippen LogP contribution in [0, 0.1) is 23.7 Å². The molecule has 2 heteroatoms. The van der Waals surface area contributed by atoms with Crippen LogP contribution in [0.3, 0.4) is 0 Å². The predicted octanol–water partition coefficient (Wildman–Crippen LogP) is 0.202. The van der Waals surface area contributed by atoms with Gasteiger partial charge in [-0.2, -0.15) is 0 Å². The molecule has 4 rings (SSSR count). The van der Waals surface area contributed by atoms with Gasteiger partial charge < -0.3 is 5.11 Å². The molecule has 1 N–H and O–H groups in total. The molecule has 0 heterocycles. The summed E-state index contributed by atoms with van der Waals surface area (Å²) < 4.78 is 0. The fourth-order valence-corrected chi connectivity index (χ4v) is 3.03. The molecule has 0 saturated heterocycles. The van der Waals surface area contributed by atoms with Gasteiger partial charge in [0.25, 0.3) is 0 Å². The molecule has 0 unspecified atom stereocenters. The van der Waals surface area contributed by atoms with Gasteiger partial charge in [-0.15, -0.1) is 0 Å². The number of carbonyl (C=O) groups excluding carboxylic acids is 1. The molecule has 0 aromatic carbocycles. The van der Waals surface area contributed by atoms with Crippen molar-refractivity contribution >= 4 is 5.78 Å². The van der Waals surface area contributed by atoms with Crippen molar-refractivity contribution in [1.29, 1.82) is 0 Å². The molecule has 4 aliphatic rings. The van der Waals surface area contributed by atoms with Crippen LogP contribution in [0.4, 0.5) is 0 Å². The first-order valence-electron chi connectivity index (χ1n) is 4.00. The van der Waals surface area contributed by atoms with Crippen molar-refractivity contribution in [3.63, 3.8) is 0 Å². The summed E-state index contributed by atoms with van der Waals surface area (Å²) in [5.74, 6) is 2.05. The summed E-state index contributed by atoms with van der Waals surface area (Å²) in [4.78, 5) is 11.1. The first-order chi connectivity index (χ1) is 4.79. The van der Waals surface area contributed by atoms with Crippen LogP contribution >= 0.6 is 0 Å². The first kappa shape index (κ1) is 5.30. The highest BCUT2D eigenvalue weighted by Gasteiger charge is 2.67. The van der Waals surface area contributed by atoms with Crippen molar-refractivity contribution in [2.24, 2.45) is 23.7 Å². The largest absolute Gasteiger partial charge is 0.393 e. The van der Waals surface area contributed by atoms with Crippen molar-refractivity contribution in [3.8, 4) is 0 Å². The normalized spacial score (nSPS) is 62.9. The Balaban J connectivity index is 2.01. The molecule has 10 heavy (non-hydrogen) atoms. The van der Waals surface area contributed by atoms with E-state index < -0.39 is 0 Å². The smallest absolute Gasteiger partial charge is 0.137 e. The van der Waals surface area contributed by atoms with Crippen LogP contribution in [0.5, 0.6) is 0 Å². The van der Waals surface area contributed by atoms with Gasteiger partial charge in [0.05, 0.1) is 6.10 Å². The Morgan fingerprint density at radius 2 is 2.30 bits per heavy atom. The molecule has 4 saturated carbocycles. The van der Waals surface area contributed by atoms with Crippen molar-refractivity contribution < 1.29 is 9.90 Å². The van der Waals surface area contributed by atoms with Crippen molar-refractivity contribution in [1.82, 2.24) is 0 Å². The summed E-state index contributed by atoms with van der Waals surface area (Å²) in [5.41, 5.74) is 0. The summed E-state index contributed by atoms with van der Waals surface area (Å²) >= 11 is 0. The Labute approximate surface area is 59.2 Å². The van der Waals surface area contributed by atoms with Crippen molar-refractivity contribution in [2.45, 2.75) is 18.9 Å². The number of hydrogen-bond acceptors (Lipinski definition) is 2. The van der Waals surface area contributed by atoms with Gasteiger partial charge in [0, 0.05) is 12.3 Å². The van der Waals surface area contributed by atoms with Crippen LogP contribution in [-0.4, -0.2) is 17.0 Å². The van der Waals surface area contributed by atoms with Gasteiger partial charge >= 0.3 is 0 Å². The quantitative estimate of drug-likeness (QED) is 0.519. The van der Waals surface area contributed by atoms with Crippen LogP contribution in [0.2, 0.25) is 0 Å². The lowest BCUT2D eigenvalue weighted by Gasteiger charge is -2.24. The van der Waals surface area contributed by atoms with E-state index in [4.69, 9.17) is 0 Å². The fourth-order valence-electron chi connectivity index (χ4n) is 3.03. The molecule has 0 aromatic heterocycles. The average molecular weight is 138 g/mol. The van der Waals surface area contributed by atoms with E-state index >= 15 is 0 Å². The number of rotatable bonds is 0. The molecule has 54 valence electrons. The first-order valence-corrected chi connectivity index (χ1v) is 4.00. The van der Waals surface area contributed by atoms with Gasteiger partial charge in [-0.05, 0) is 24.2 Å². The van der Waals surface area contributed by atoms with Gasteiger partial charge in [0.1, 0.15) is 5.78 Å². The molecular formula is C8H10O2. The Morgan fingerprint density at radius 3 is 2.70 bits per heavy atom. The maximum atomic E-state index is 11.1. The van der Waals surface area contributed by atoms with E-state index in [1.54, 1.807) is 0 Å². The summed E-state index contributed by atoms with van der Waals surface area (Å²) in [6, 6.07) is 0. The Morgan fingerprint density at radius 1 is 1.50 bits per heavy atom. The standard InChI is InChI=1S/C8H10O2/c9-5-2-3-1-4-6(5)7(4)8(3)10/h3-4,6-8,10H,1-2H2/t3-,4-,6+,7-,8-/m0/s1. The third kappa shape index (κ3) is 0.382. The second-order valence-corrected chi connectivity index (χ2v) is 3.92. The SMILES string of the molecule is O=C1C[C@@H]2C[C@H]3[C@H]1[C@H]3[C@H]2O. The van der Waals surface area contributed by atoms with Crippen LogP contribution in [0.1, 0.15) is 12.8 Å². The fraction of sp³-hybridized carbons (Fsp3) is 0.875. The van der Waals surface area contributed by atoms with Crippen molar-refractivity contribution in [2.75, 3.05) is 0 Å². The Bertz CT molecular complexity index is 209. The van der Waals surface area contributed by atoms with Crippen LogP contribution in [0.15, 0.2) is 0 Å². The zero-order valence-electron chi connectivity index (χ0n) is 5.66. The predicted molar refractivity (Wildman–Crippen MR) is 34.2 cm³/mol. The summed E-state index contributed by atoms with van der Waals surface area (Å²) in [7, 11) is 0. The van der Waals surface area contributed by atoms with Gasteiger partial charge in [-0.25, -0.2) is 0 Å². The molecule has 2 nitrogen and oxygen atoms in total. The molecule has 0 aliphatic heterocycles. The molecule has 0 amide bonds. The second kappa shape index (κ2) is 1.30. The topological polar surface area (TPSA) is 37.3 Å². The van der Waals surface area contributed by atoms with E-state index in [9.17, 15) is 9.90 Å². The van der Waals surface area contributed by atoms with Gasteiger partial charge in [0.2, 0.25) is 0 Å². The number of aliphatic hydroxyl groups is 1. The van der Waals surface area contributed by atoms with E-state index in [-0.39, 0.29) is 6.10 Å². The van der Waals surface area contributed by atoms with E-state index in [0.29, 0.717) is 35.9 Å². The van der Waals surface area contributed by atoms with Crippen LogP contribution in [0.25, 0.3) is 0 Å². The van der Waals surface area contributed by atoms with Crippen LogP contribution < -0.4 is 0 Å². The maximum absolute atomic E-state index is 11.1. The minimum absolute atomic E-state index is 0.118. The number of carbonyl (C=O) groups is 1. The number of ketones is 1. The number of aliphatic hydroxyl groups excluding tert-OH is 1. The van der Waals surface area contributed by atoms with E-state index in [0.717, 1.165) is 6.42 Å². The second-order valence-electron chi connectivity index (χ2n) is 3.92. The van der Waals surface area contributed by atoms with E-state index in [1.807, 2.05) is 0 Å². The molecule has 0 spiro atoms. The summed E-state index contributed by atoms with van der Waals surface area (Å²) in [6.07, 6.45) is 1.67. The summed E-state index contributed by atoms with van der Waals surface area (Å²) in [6.45, 7) is 0. The molecule has 4 fully saturated rings. The van der Waals surface area contributed by atoms with Crippen LogP contribution in [-0.2, 0) is 4.79 Å². The molecular weight excluding hydrogens is 128 g/mol. The zero-order valence-corrected chi connectivity index (χ0v) is 5.66. The number of Topliss-reactive ketones (excluding diaryl/α,β-unsaturated/α-hetero) is 1. The minimum Gasteiger partial charge on any atom is -0.393 e. The third-order valence-corrected chi connectivity index (χ3v) is 3.52. The highest BCUT2D eigenvalue weighted by Crippen LogP contribution is 2.64. The van der Waals surface area contributed by atoms with E-state index in [1.165, 1.54) is 0 Å². The summed E-state index contributed by atoms with van der Waals surface area (Å²) in [5, 5.41) is 9.50. The highest BCUT2D eigenvalue weighted by molar-refractivity contribution is 5.87. The Hall–Kier alpha value is -0.370. The molecule has 5 atom stereocenters. The van der Waals surface area contributed by atoms with Gasteiger partial charge in [-0.3, -0.25) is 4.79 Å². The molecule has 4 bridgehead atoms. The lowest BCUT2D eigenvalue weighted by molar-refractivity contribution is -0.126. The molecule has 0 radical (unpaired) electrons. The third-order valence-electron chi connectivity index (χ3n) is 3.52. The lowest BCUT2D eigenvalue weighted by atomic mass is 9.83. The minimum atomic E-state index is -0.118. The maximum Gasteiger partial charge on any atom is 0.137 e. The number of hydrogen-bond donors (Lipinski definition) is 1. The average Bonchev–Trinajstić information content (AvgIpc) is 2.54. The lowest BCUT2D eigenvalue weighted by Crippen LogP contribution is -2.31. The van der Waals surface area contributed by atoms with Crippen molar-refractivity contribution in [3.05, 3.63) is 0 Å².